The Morgan fingerprint density at radius 2 is 1.97 bits per heavy atom. The minimum Gasteiger partial charge on any atom is -0.307 e. The lowest BCUT2D eigenvalue weighted by Crippen LogP contribution is -2.42. The fourth-order valence-corrected chi connectivity index (χ4v) is 4.57. The van der Waals surface area contributed by atoms with Gasteiger partial charge in [0.05, 0.1) is 29.5 Å². The molecule has 35 heavy (non-hydrogen) atoms. The number of amides is 1. The van der Waals surface area contributed by atoms with Gasteiger partial charge in [0.1, 0.15) is 11.6 Å². The fourth-order valence-electron chi connectivity index (χ4n) is 4.57. The van der Waals surface area contributed by atoms with Crippen LogP contribution in [0.25, 0.3) is 16.8 Å². The number of anilines is 1. The molecular weight excluding hydrogens is 440 g/mol. The molecule has 1 aromatic carbocycles. The molecule has 0 saturated carbocycles. The first-order valence-electron chi connectivity index (χ1n) is 11.6. The number of carbonyl (C=O) groups is 2. The standard InChI is InChI=1S/C27H26N6O2/c1-3-23(34)20-7-6-8-21(30-20)26-32-25(22-16-28-15-17(2)33(22)26)18-10-12-19(13-11-18)27(35)31-24-9-4-5-14-29-24/h3-5,9-16,20-21,30H,1,6-8H2,2H3,(H,29,31,35)/t20?,21-/m0/s1. The zero-order valence-electron chi connectivity index (χ0n) is 19.4. The van der Waals surface area contributed by atoms with Gasteiger partial charge < -0.3 is 5.32 Å². The number of fused-ring (bicyclic) bond motifs is 1. The van der Waals surface area contributed by atoms with Crippen molar-refractivity contribution in [3.05, 3.63) is 90.8 Å². The Kier molecular flexibility index (Phi) is 6.20. The molecule has 4 heterocycles. The summed E-state index contributed by atoms with van der Waals surface area (Å²) >= 11 is 0. The van der Waals surface area contributed by atoms with Crippen molar-refractivity contribution in [1.82, 2.24) is 24.7 Å². The zero-order chi connectivity index (χ0) is 24.4. The number of ketones is 1. The molecule has 0 spiro atoms. The fraction of sp³-hybridized carbons (Fsp3) is 0.222. The van der Waals surface area contributed by atoms with Gasteiger partial charge in [-0.2, -0.15) is 0 Å². The van der Waals surface area contributed by atoms with E-state index in [0.717, 1.165) is 47.6 Å². The molecule has 4 aromatic rings. The molecule has 1 saturated heterocycles. The highest BCUT2D eigenvalue weighted by Crippen LogP contribution is 2.32. The van der Waals surface area contributed by atoms with Gasteiger partial charge >= 0.3 is 0 Å². The summed E-state index contributed by atoms with van der Waals surface area (Å²) in [5.41, 5.74) is 4.03. The Hall–Kier alpha value is -4.17. The maximum absolute atomic E-state index is 12.6. The molecule has 0 radical (unpaired) electrons. The third-order valence-corrected chi connectivity index (χ3v) is 6.32. The van der Waals surface area contributed by atoms with Crippen LogP contribution in [-0.2, 0) is 4.79 Å². The number of carbonyl (C=O) groups excluding carboxylic acids is 2. The number of imidazole rings is 1. The highest BCUT2D eigenvalue weighted by atomic mass is 16.1. The average Bonchev–Trinajstić information content (AvgIpc) is 3.30. The summed E-state index contributed by atoms with van der Waals surface area (Å²) in [6.07, 6.45) is 9.23. The predicted molar refractivity (Wildman–Crippen MR) is 134 cm³/mol. The summed E-state index contributed by atoms with van der Waals surface area (Å²) < 4.78 is 2.10. The van der Waals surface area contributed by atoms with Crippen LogP contribution >= 0.6 is 0 Å². The van der Waals surface area contributed by atoms with Gasteiger partial charge in [-0.05, 0) is 56.5 Å². The Balaban J connectivity index is 1.47. The first-order chi connectivity index (χ1) is 17.0. The van der Waals surface area contributed by atoms with Crippen LogP contribution in [0.15, 0.2) is 73.7 Å². The maximum Gasteiger partial charge on any atom is 0.256 e. The van der Waals surface area contributed by atoms with E-state index in [1.807, 2.05) is 31.3 Å². The second-order valence-electron chi connectivity index (χ2n) is 8.64. The molecule has 1 aliphatic heterocycles. The molecule has 8 nitrogen and oxygen atoms in total. The third-order valence-electron chi connectivity index (χ3n) is 6.32. The molecule has 2 atom stereocenters. The van der Waals surface area contributed by atoms with E-state index in [2.05, 4.69) is 31.6 Å². The number of rotatable bonds is 6. The molecule has 8 heteroatoms. The van der Waals surface area contributed by atoms with Crippen molar-refractivity contribution in [2.24, 2.45) is 0 Å². The molecule has 0 aliphatic carbocycles. The van der Waals surface area contributed by atoms with E-state index in [4.69, 9.17) is 4.98 Å². The first kappa shape index (κ1) is 22.6. The molecule has 3 aromatic heterocycles. The van der Waals surface area contributed by atoms with Crippen LogP contribution in [-0.4, -0.2) is 37.1 Å². The van der Waals surface area contributed by atoms with E-state index in [1.54, 1.807) is 36.7 Å². The summed E-state index contributed by atoms with van der Waals surface area (Å²) in [5.74, 6) is 1.13. The lowest BCUT2D eigenvalue weighted by atomic mass is 9.95. The lowest BCUT2D eigenvalue weighted by molar-refractivity contribution is -0.117. The number of nitrogens with one attached hydrogen (secondary N) is 2. The Morgan fingerprint density at radius 1 is 1.14 bits per heavy atom. The van der Waals surface area contributed by atoms with Crippen LogP contribution in [0.1, 0.15) is 47.2 Å². The number of hydrogen-bond acceptors (Lipinski definition) is 6. The number of pyridine rings is 1. The largest absolute Gasteiger partial charge is 0.307 e. The maximum atomic E-state index is 12.6. The molecule has 1 amide bonds. The first-order valence-corrected chi connectivity index (χ1v) is 11.6. The molecule has 2 N–H and O–H groups in total. The minimum absolute atomic E-state index is 0.00809. The highest BCUT2D eigenvalue weighted by molar-refractivity contribution is 6.04. The van der Waals surface area contributed by atoms with Crippen LogP contribution < -0.4 is 10.6 Å². The van der Waals surface area contributed by atoms with Crippen LogP contribution in [0.2, 0.25) is 0 Å². The summed E-state index contributed by atoms with van der Waals surface area (Å²) in [6, 6.07) is 12.4. The Bertz CT molecular complexity index is 1390. The molecule has 0 bridgehead atoms. The number of nitrogens with zero attached hydrogens (tertiary/aromatic N) is 4. The molecule has 176 valence electrons. The van der Waals surface area contributed by atoms with Gasteiger partial charge in [0.25, 0.3) is 5.91 Å². The van der Waals surface area contributed by atoms with Gasteiger partial charge in [0.2, 0.25) is 0 Å². The van der Waals surface area contributed by atoms with Crippen molar-refractivity contribution in [3.8, 4) is 11.3 Å². The number of aromatic nitrogens is 4. The average molecular weight is 467 g/mol. The number of piperidine rings is 1. The lowest BCUT2D eigenvalue weighted by Gasteiger charge is -2.29. The van der Waals surface area contributed by atoms with Crippen LogP contribution in [0.3, 0.4) is 0 Å². The monoisotopic (exact) mass is 466 g/mol. The van der Waals surface area contributed by atoms with Crippen molar-refractivity contribution >= 4 is 23.0 Å². The summed E-state index contributed by atoms with van der Waals surface area (Å²) in [4.78, 5) is 38.4. The molecule has 1 aliphatic rings. The SMILES string of the molecule is C=CC(=O)C1CCC[C@@H](c2nc(-c3ccc(C(=O)Nc4ccccn4)cc3)c3cncc(C)n23)N1. The van der Waals surface area contributed by atoms with Gasteiger partial charge in [0.15, 0.2) is 5.78 Å². The van der Waals surface area contributed by atoms with Gasteiger partial charge in [-0.3, -0.25) is 24.3 Å². The van der Waals surface area contributed by atoms with Crippen molar-refractivity contribution < 1.29 is 9.59 Å². The molecule has 1 unspecified atom stereocenters. The Labute approximate surface area is 203 Å². The molecule has 5 rings (SSSR count). The summed E-state index contributed by atoms with van der Waals surface area (Å²) in [6.45, 7) is 5.63. The third kappa shape index (κ3) is 4.48. The van der Waals surface area contributed by atoms with Gasteiger partial charge in [-0.1, -0.05) is 24.8 Å². The van der Waals surface area contributed by atoms with Crippen molar-refractivity contribution in [1.29, 1.82) is 0 Å². The van der Waals surface area contributed by atoms with Crippen molar-refractivity contribution in [2.75, 3.05) is 5.32 Å². The smallest absolute Gasteiger partial charge is 0.256 e. The number of hydrogen-bond donors (Lipinski definition) is 2. The van der Waals surface area contributed by atoms with Crippen LogP contribution in [0.4, 0.5) is 5.82 Å². The van der Waals surface area contributed by atoms with E-state index in [1.165, 1.54) is 6.08 Å². The van der Waals surface area contributed by atoms with E-state index in [-0.39, 0.29) is 23.8 Å². The quantitative estimate of drug-likeness (QED) is 0.411. The summed E-state index contributed by atoms with van der Waals surface area (Å²) in [5, 5.41) is 6.27. The van der Waals surface area contributed by atoms with Crippen molar-refractivity contribution in [3.63, 3.8) is 0 Å². The van der Waals surface area contributed by atoms with Gasteiger partial charge in [-0.15, -0.1) is 0 Å². The predicted octanol–water partition coefficient (Wildman–Crippen LogP) is 4.29. The second-order valence-corrected chi connectivity index (χ2v) is 8.64. The number of aryl methyl sites for hydroxylation is 1. The van der Waals surface area contributed by atoms with E-state index >= 15 is 0 Å². The summed E-state index contributed by atoms with van der Waals surface area (Å²) in [7, 11) is 0. The van der Waals surface area contributed by atoms with Gasteiger partial charge in [-0.25, -0.2) is 9.97 Å². The van der Waals surface area contributed by atoms with Crippen LogP contribution in [0, 0.1) is 6.92 Å². The van der Waals surface area contributed by atoms with E-state index < -0.39 is 0 Å². The second kappa shape index (κ2) is 9.60. The van der Waals surface area contributed by atoms with Gasteiger partial charge in [0, 0.05) is 29.2 Å². The highest BCUT2D eigenvalue weighted by Gasteiger charge is 2.29. The molecular formula is C27H26N6O2. The Morgan fingerprint density at radius 3 is 2.71 bits per heavy atom. The normalized spacial score (nSPS) is 17.7. The minimum atomic E-state index is -0.249. The zero-order valence-corrected chi connectivity index (χ0v) is 19.4. The topological polar surface area (TPSA) is 101 Å². The van der Waals surface area contributed by atoms with E-state index in [0.29, 0.717) is 11.4 Å². The van der Waals surface area contributed by atoms with Crippen molar-refractivity contribution in [2.45, 2.75) is 38.3 Å². The number of benzene rings is 1. The molecule has 1 fully saturated rings. The van der Waals surface area contributed by atoms with Crippen LogP contribution in [0.5, 0.6) is 0 Å². The van der Waals surface area contributed by atoms with E-state index in [9.17, 15) is 9.59 Å².